The summed E-state index contributed by atoms with van der Waals surface area (Å²) in [6, 6.07) is 6.22. The number of rotatable bonds is 8. The Morgan fingerprint density at radius 3 is 2.47 bits per heavy atom. The van der Waals surface area contributed by atoms with Crippen LogP contribution in [0.1, 0.15) is 60.5 Å². The number of nitrogens with zero attached hydrogens (tertiary/aromatic N) is 1. The molecule has 1 saturated carbocycles. The van der Waals surface area contributed by atoms with Crippen LogP contribution in [0.5, 0.6) is 0 Å². The van der Waals surface area contributed by atoms with Crippen LogP contribution in [0.25, 0.3) is 21.9 Å². The van der Waals surface area contributed by atoms with E-state index in [-0.39, 0.29) is 16.0 Å². The van der Waals surface area contributed by atoms with Gasteiger partial charge in [0.15, 0.2) is 9.84 Å². The van der Waals surface area contributed by atoms with Gasteiger partial charge in [-0.1, -0.05) is 19.4 Å². The molecule has 7 nitrogen and oxygen atoms in total. The summed E-state index contributed by atoms with van der Waals surface area (Å²) < 4.78 is 44.5. The molecule has 2 aliphatic rings. The largest absolute Gasteiger partial charge is 0.366 e. The van der Waals surface area contributed by atoms with Gasteiger partial charge in [0, 0.05) is 29.1 Å². The topological polar surface area (TPSA) is 111 Å². The van der Waals surface area contributed by atoms with Gasteiger partial charge in [0.25, 0.3) is 5.56 Å². The second-order valence-electron chi connectivity index (χ2n) is 10.6. The van der Waals surface area contributed by atoms with Crippen molar-refractivity contribution in [2.45, 2.75) is 69.1 Å². The van der Waals surface area contributed by atoms with Gasteiger partial charge < -0.3 is 15.6 Å². The fourth-order valence-electron chi connectivity index (χ4n) is 5.66. The van der Waals surface area contributed by atoms with E-state index in [0.717, 1.165) is 12.8 Å². The minimum absolute atomic E-state index is 0.118. The first-order valence-electron chi connectivity index (χ1n) is 13.4. The number of fused-ring (bicyclic) bond motifs is 1. The number of pyridine rings is 1. The van der Waals surface area contributed by atoms with Crippen molar-refractivity contribution >= 4 is 26.5 Å². The summed E-state index contributed by atoms with van der Waals surface area (Å²) in [6.45, 7) is 5.33. The molecular formula is C29H34FN3O4S. The molecule has 0 atom stereocenters. The third kappa shape index (κ3) is 4.78. The minimum Gasteiger partial charge on any atom is -0.366 e. The average Bonchev–Trinajstić information content (AvgIpc) is 3.72. The Balaban J connectivity index is 1.79. The van der Waals surface area contributed by atoms with E-state index in [4.69, 9.17) is 5.73 Å². The number of hydrogen-bond donors (Lipinski definition) is 2. The van der Waals surface area contributed by atoms with Gasteiger partial charge in [0.05, 0.1) is 10.1 Å². The number of nitrogens with one attached hydrogen (secondary N) is 1. The predicted octanol–water partition coefficient (Wildman–Crippen LogP) is 4.10. The number of hydrogen-bond acceptors (Lipinski definition) is 5. The quantitative estimate of drug-likeness (QED) is 0.448. The van der Waals surface area contributed by atoms with Crippen LogP contribution < -0.4 is 16.6 Å². The van der Waals surface area contributed by atoms with E-state index in [9.17, 15) is 18.0 Å². The first-order valence-corrected chi connectivity index (χ1v) is 14.9. The number of carbonyl (C=O) groups is 1. The van der Waals surface area contributed by atoms with Crippen LogP contribution in [0.2, 0.25) is 0 Å². The lowest BCUT2D eigenvalue weighted by molar-refractivity contribution is 0.0999. The molecule has 2 fully saturated rings. The lowest BCUT2D eigenvalue weighted by atomic mass is 9.87. The zero-order chi connectivity index (χ0) is 27.2. The van der Waals surface area contributed by atoms with Crippen LogP contribution in [0.4, 0.5) is 4.39 Å². The van der Waals surface area contributed by atoms with E-state index < -0.39 is 26.8 Å². The van der Waals surface area contributed by atoms with Gasteiger partial charge in [0.2, 0.25) is 5.91 Å². The van der Waals surface area contributed by atoms with E-state index >= 15 is 4.39 Å². The van der Waals surface area contributed by atoms with E-state index in [1.807, 2.05) is 6.92 Å². The number of carbonyl (C=O) groups excluding carboxylic acids is 1. The Morgan fingerprint density at radius 2 is 1.84 bits per heavy atom. The summed E-state index contributed by atoms with van der Waals surface area (Å²) in [5, 5.41) is 3.33. The highest BCUT2D eigenvalue weighted by atomic mass is 32.2. The van der Waals surface area contributed by atoms with Gasteiger partial charge in [-0.3, -0.25) is 9.59 Å². The first-order chi connectivity index (χ1) is 18.1. The number of aromatic nitrogens is 1. The van der Waals surface area contributed by atoms with Gasteiger partial charge in [-0.25, -0.2) is 12.8 Å². The summed E-state index contributed by atoms with van der Waals surface area (Å²) in [4.78, 5) is 25.8. The SMILES string of the molecule is CCCc1c(C(N)=O)cc(F)c(C)c1-c1ccc2c(=O)n(CC3CC3)cc(S(=O)(=O)C3CCNCC3)c2c1. The maximum absolute atomic E-state index is 15.0. The molecule has 0 radical (unpaired) electrons. The highest BCUT2D eigenvalue weighted by molar-refractivity contribution is 7.92. The Bertz CT molecular complexity index is 1590. The van der Waals surface area contributed by atoms with Crippen molar-refractivity contribution in [3.8, 4) is 11.1 Å². The Hall–Kier alpha value is -3.04. The maximum atomic E-state index is 15.0. The van der Waals surface area contributed by atoms with Gasteiger partial charge in [-0.15, -0.1) is 0 Å². The average molecular weight is 540 g/mol. The number of halogens is 1. The molecule has 3 N–H and O–H groups in total. The molecule has 1 saturated heterocycles. The molecule has 1 amide bonds. The molecular weight excluding hydrogens is 505 g/mol. The molecule has 38 heavy (non-hydrogen) atoms. The molecule has 1 aromatic heterocycles. The zero-order valence-corrected chi connectivity index (χ0v) is 22.7. The second-order valence-corrected chi connectivity index (χ2v) is 12.8. The molecule has 0 bridgehead atoms. The minimum atomic E-state index is -3.75. The molecule has 5 rings (SSSR count). The lowest BCUT2D eigenvalue weighted by Crippen LogP contribution is -2.36. The van der Waals surface area contributed by atoms with E-state index in [1.54, 1.807) is 29.7 Å². The molecule has 1 aliphatic heterocycles. The molecule has 3 aromatic rings. The van der Waals surface area contributed by atoms with E-state index in [1.165, 1.54) is 12.3 Å². The van der Waals surface area contributed by atoms with Crippen molar-refractivity contribution < 1.29 is 17.6 Å². The van der Waals surface area contributed by atoms with Crippen LogP contribution in [-0.4, -0.2) is 37.2 Å². The smallest absolute Gasteiger partial charge is 0.258 e. The zero-order valence-electron chi connectivity index (χ0n) is 21.8. The maximum Gasteiger partial charge on any atom is 0.258 e. The van der Waals surface area contributed by atoms with Crippen molar-refractivity contribution in [3.05, 3.63) is 63.3 Å². The highest BCUT2D eigenvalue weighted by Crippen LogP contribution is 2.37. The van der Waals surface area contributed by atoms with Gasteiger partial charge in [0.1, 0.15) is 5.82 Å². The van der Waals surface area contributed by atoms with Crippen molar-refractivity contribution in [1.29, 1.82) is 0 Å². The number of amides is 1. The van der Waals surface area contributed by atoms with Crippen molar-refractivity contribution in [1.82, 2.24) is 9.88 Å². The highest BCUT2D eigenvalue weighted by Gasteiger charge is 2.32. The summed E-state index contributed by atoms with van der Waals surface area (Å²) in [7, 11) is -3.75. The lowest BCUT2D eigenvalue weighted by Gasteiger charge is -2.24. The van der Waals surface area contributed by atoms with Crippen molar-refractivity contribution in [3.63, 3.8) is 0 Å². The molecule has 202 valence electrons. The Kier molecular flexibility index (Phi) is 7.17. The first kappa shape index (κ1) is 26.6. The summed E-state index contributed by atoms with van der Waals surface area (Å²) >= 11 is 0. The van der Waals surface area contributed by atoms with Crippen LogP contribution in [0, 0.1) is 18.7 Å². The third-order valence-electron chi connectivity index (χ3n) is 7.92. The summed E-state index contributed by atoms with van der Waals surface area (Å²) in [5.74, 6) is -0.889. The van der Waals surface area contributed by atoms with Gasteiger partial charge in [-0.05, 0) is 98.5 Å². The molecule has 9 heteroatoms. The van der Waals surface area contributed by atoms with Crippen molar-refractivity contribution in [2.24, 2.45) is 11.7 Å². The van der Waals surface area contributed by atoms with E-state index in [0.29, 0.717) is 84.3 Å². The van der Waals surface area contributed by atoms with Crippen LogP contribution in [-0.2, 0) is 22.8 Å². The number of piperidine rings is 1. The fourth-order valence-corrected chi connectivity index (χ4v) is 7.63. The second kappa shape index (κ2) is 10.3. The van der Waals surface area contributed by atoms with Gasteiger partial charge in [-0.2, -0.15) is 0 Å². The monoisotopic (exact) mass is 539 g/mol. The Labute approximate surface area is 222 Å². The molecule has 2 heterocycles. The molecule has 0 unspecified atom stereocenters. The fraction of sp³-hybridized carbons (Fsp3) is 0.448. The molecule has 0 spiro atoms. The van der Waals surface area contributed by atoms with Crippen LogP contribution in [0.3, 0.4) is 0 Å². The van der Waals surface area contributed by atoms with Crippen LogP contribution >= 0.6 is 0 Å². The number of sulfone groups is 1. The number of nitrogens with two attached hydrogens (primary N) is 1. The van der Waals surface area contributed by atoms with Crippen LogP contribution in [0.15, 0.2) is 40.2 Å². The van der Waals surface area contributed by atoms with Gasteiger partial charge >= 0.3 is 0 Å². The van der Waals surface area contributed by atoms with E-state index in [2.05, 4.69) is 5.32 Å². The number of primary amides is 1. The molecule has 1 aliphatic carbocycles. The number of benzene rings is 2. The predicted molar refractivity (Wildman–Crippen MR) is 147 cm³/mol. The third-order valence-corrected chi connectivity index (χ3v) is 10.2. The summed E-state index contributed by atoms with van der Waals surface area (Å²) in [5.41, 5.74) is 7.56. The standard InChI is InChI=1S/C29H34FN3O4S/c1-3-4-21-24(28(31)34)14-25(30)17(2)27(21)19-7-8-22-23(13-19)26(16-33(29(22)35)15-18-5-6-18)38(36,37)20-9-11-32-12-10-20/h7-8,13-14,16,18,20,32H,3-6,9-12,15H2,1-2H3,(H2,31,34). The molecule has 2 aromatic carbocycles. The Morgan fingerprint density at radius 1 is 1.13 bits per heavy atom. The summed E-state index contributed by atoms with van der Waals surface area (Å²) in [6.07, 6.45) is 5.77. The normalized spacial score (nSPS) is 16.7. The van der Waals surface area contributed by atoms with Crippen molar-refractivity contribution in [2.75, 3.05) is 13.1 Å².